The van der Waals surface area contributed by atoms with Crippen molar-refractivity contribution in [3.05, 3.63) is 70.3 Å². The zero-order chi connectivity index (χ0) is 30.8. The zero-order valence-corrected chi connectivity index (χ0v) is 24.7. The molecule has 0 N–H and O–H groups in total. The van der Waals surface area contributed by atoms with Crippen molar-refractivity contribution >= 4 is 5.91 Å². The number of halogens is 6. The molecule has 1 atom stereocenters. The molecule has 2 aromatic carbocycles. The fraction of sp³-hybridized carbons (Fsp3) is 0.606. The standard InChI is InChI=1S/C33H41F6N3O/c1-24-7-9-26(10-8-24)31(11-13-40-15-17-41(18-16-40)29-5-3-2-4-6-29)12-14-42(23-31)30(43)21-25-19-27(32(34,35)36)22-28(20-25)33(37,38)39/h7-10,19-20,22,29H,2-6,11-18,21,23H2,1H3/t31-/m1/s1. The third-order valence-corrected chi connectivity index (χ3v) is 9.78. The van der Waals surface area contributed by atoms with Crippen molar-refractivity contribution in [3.63, 3.8) is 0 Å². The highest BCUT2D eigenvalue weighted by Gasteiger charge is 2.42. The van der Waals surface area contributed by atoms with E-state index in [1.807, 2.05) is 19.1 Å². The average Bonchev–Trinajstić information content (AvgIpc) is 3.42. The molecule has 0 radical (unpaired) electrons. The van der Waals surface area contributed by atoms with Crippen LogP contribution in [0.1, 0.15) is 72.8 Å². The van der Waals surface area contributed by atoms with E-state index >= 15 is 0 Å². The molecule has 0 spiro atoms. The molecule has 10 heteroatoms. The second kappa shape index (κ2) is 12.8. The number of likely N-dealkylation sites (tertiary alicyclic amines) is 1. The number of rotatable bonds is 7. The van der Waals surface area contributed by atoms with Crippen LogP contribution in [0.3, 0.4) is 0 Å². The van der Waals surface area contributed by atoms with Gasteiger partial charge in [0.25, 0.3) is 0 Å². The first kappa shape index (κ1) is 31.8. The van der Waals surface area contributed by atoms with E-state index in [9.17, 15) is 31.1 Å². The Morgan fingerprint density at radius 1 is 0.837 bits per heavy atom. The summed E-state index contributed by atoms with van der Waals surface area (Å²) >= 11 is 0. The molecule has 2 aliphatic heterocycles. The number of piperazine rings is 1. The maximum absolute atomic E-state index is 13.4. The van der Waals surface area contributed by atoms with Gasteiger partial charge in [0.2, 0.25) is 5.91 Å². The topological polar surface area (TPSA) is 26.8 Å². The van der Waals surface area contributed by atoms with Crippen LogP contribution in [-0.2, 0) is 29.0 Å². The second-order valence-corrected chi connectivity index (χ2v) is 12.7. The number of alkyl halides is 6. The Morgan fingerprint density at radius 2 is 1.44 bits per heavy atom. The van der Waals surface area contributed by atoms with Gasteiger partial charge >= 0.3 is 12.4 Å². The van der Waals surface area contributed by atoms with E-state index < -0.39 is 35.8 Å². The Kier molecular flexibility index (Phi) is 9.47. The van der Waals surface area contributed by atoms with Crippen molar-refractivity contribution in [1.82, 2.24) is 14.7 Å². The molecule has 2 saturated heterocycles. The summed E-state index contributed by atoms with van der Waals surface area (Å²) in [7, 11) is 0. The minimum absolute atomic E-state index is 0.0984. The Morgan fingerprint density at radius 3 is 2.02 bits per heavy atom. The third-order valence-electron chi connectivity index (χ3n) is 9.78. The van der Waals surface area contributed by atoms with E-state index in [0.29, 0.717) is 37.7 Å². The SMILES string of the molecule is Cc1ccc([C@]2(CCN3CCN(C4CCCCC4)CC3)CCN(C(=O)Cc3cc(C(F)(F)F)cc(C(F)(F)F)c3)C2)cc1. The molecule has 1 saturated carbocycles. The molecule has 0 aromatic heterocycles. The minimum Gasteiger partial charge on any atom is -0.341 e. The van der Waals surface area contributed by atoms with E-state index in [0.717, 1.165) is 50.3 Å². The second-order valence-electron chi connectivity index (χ2n) is 12.7. The maximum Gasteiger partial charge on any atom is 0.416 e. The van der Waals surface area contributed by atoms with Gasteiger partial charge in [0.05, 0.1) is 17.5 Å². The number of benzene rings is 2. The first-order valence-electron chi connectivity index (χ1n) is 15.4. The summed E-state index contributed by atoms with van der Waals surface area (Å²) < 4.78 is 80.3. The Bertz CT molecular complexity index is 1210. The van der Waals surface area contributed by atoms with Gasteiger partial charge < -0.3 is 9.80 Å². The van der Waals surface area contributed by atoms with Gasteiger partial charge in [0.15, 0.2) is 0 Å². The lowest BCUT2D eigenvalue weighted by atomic mass is 9.76. The first-order chi connectivity index (χ1) is 20.3. The predicted molar refractivity (Wildman–Crippen MR) is 154 cm³/mol. The third kappa shape index (κ3) is 7.74. The summed E-state index contributed by atoms with van der Waals surface area (Å²) in [6.07, 6.45) is -2.34. The molecule has 43 heavy (non-hydrogen) atoms. The van der Waals surface area contributed by atoms with Crippen LogP contribution in [-0.4, -0.2) is 72.5 Å². The van der Waals surface area contributed by atoms with Crippen LogP contribution in [0.25, 0.3) is 0 Å². The van der Waals surface area contributed by atoms with E-state index in [1.165, 1.54) is 32.1 Å². The molecule has 1 amide bonds. The fourth-order valence-corrected chi connectivity index (χ4v) is 7.15. The molecule has 2 aromatic rings. The molecule has 1 aliphatic carbocycles. The summed E-state index contributed by atoms with van der Waals surface area (Å²) in [5, 5.41) is 0. The molecule has 5 rings (SSSR count). The lowest BCUT2D eigenvalue weighted by molar-refractivity contribution is -0.143. The molecule has 2 heterocycles. The minimum atomic E-state index is -4.95. The largest absolute Gasteiger partial charge is 0.416 e. The molecule has 4 nitrogen and oxygen atoms in total. The van der Waals surface area contributed by atoms with Gasteiger partial charge in [-0.25, -0.2) is 0 Å². The van der Waals surface area contributed by atoms with E-state index in [4.69, 9.17) is 0 Å². The van der Waals surface area contributed by atoms with E-state index in [-0.39, 0.29) is 17.0 Å². The highest BCUT2D eigenvalue weighted by molar-refractivity contribution is 5.79. The van der Waals surface area contributed by atoms with Gasteiger partial charge in [-0.15, -0.1) is 0 Å². The van der Waals surface area contributed by atoms with Crippen LogP contribution in [0.4, 0.5) is 26.3 Å². The molecule has 0 unspecified atom stereocenters. The van der Waals surface area contributed by atoms with Crippen LogP contribution in [0.5, 0.6) is 0 Å². The smallest absolute Gasteiger partial charge is 0.341 e. The van der Waals surface area contributed by atoms with Crippen LogP contribution in [0, 0.1) is 6.92 Å². The van der Waals surface area contributed by atoms with Crippen molar-refractivity contribution in [2.45, 2.75) is 82.1 Å². The Balaban J connectivity index is 1.27. The van der Waals surface area contributed by atoms with Crippen molar-refractivity contribution in [2.75, 3.05) is 45.8 Å². The number of hydrogen-bond donors (Lipinski definition) is 0. The summed E-state index contributed by atoms with van der Waals surface area (Å²) in [6, 6.07) is 10.4. The number of carbonyl (C=O) groups is 1. The lowest BCUT2D eigenvalue weighted by Crippen LogP contribution is -2.51. The van der Waals surface area contributed by atoms with Crippen LogP contribution in [0.15, 0.2) is 42.5 Å². The maximum atomic E-state index is 13.4. The predicted octanol–water partition coefficient (Wildman–Crippen LogP) is 7.09. The molecule has 3 aliphatic rings. The van der Waals surface area contributed by atoms with Crippen molar-refractivity contribution < 1.29 is 31.1 Å². The zero-order valence-electron chi connectivity index (χ0n) is 24.7. The van der Waals surface area contributed by atoms with E-state index in [2.05, 4.69) is 21.9 Å². The molecule has 0 bridgehead atoms. The number of carbonyl (C=O) groups excluding carboxylic acids is 1. The highest BCUT2D eigenvalue weighted by atomic mass is 19.4. The van der Waals surface area contributed by atoms with Gasteiger partial charge in [-0.2, -0.15) is 26.3 Å². The quantitative estimate of drug-likeness (QED) is 0.314. The number of nitrogens with zero attached hydrogens (tertiary/aromatic N) is 3. The first-order valence-corrected chi connectivity index (χ1v) is 15.4. The molecular formula is C33H41F6N3O. The average molecular weight is 610 g/mol. The van der Waals surface area contributed by atoms with Gasteiger partial charge in [-0.05, 0) is 68.5 Å². The normalized spacial score (nSPS) is 23.2. The highest BCUT2D eigenvalue weighted by Crippen LogP contribution is 2.40. The van der Waals surface area contributed by atoms with Crippen LogP contribution >= 0.6 is 0 Å². The van der Waals surface area contributed by atoms with Crippen molar-refractivity contribution in [2.24, 2.45) is 0 Å². The Labute approximate surface area is 250 Å². The summed E-state index contributed by atoms with van der Waals surface area (Å²) in [4.78, 5) is 20.1. The molecule has 236 valence electrons. The molecular weight excluding hydrogens is 568 g/mol. The van der Waals surface area contributed by atoms with Gasteiger partial charge in [-0.3, -0.25) is 9.69 Å². The van der Waals surface area contributed by atoms with Gasteiger partial charge in [0.1, 0.15) is 0 Å². The Hall–Kier alpha value is -2.59. The van der Waals surface area contributed by atoms with Crippen molar-refractivity contribution in [1.29, 1.82) is 0 Å². The van der Waals surface area contributed by atoms with Gasteiger partial charge in [-0.1, -0.05) is 49.1 Å². The fourth-order valence-electron chi connectivity index (χ4n) is 7.15. The monoisotopic (exact) mass is 609 g/mol. The van der Waals surface area contributed by atoms with Gasteiger partial charge in [0, 0.05) is 50.7 Å². The summed E-state index contributed by atoms with van der Waals surface area (Å²) in [5.74, 6) is -0.456. The summed E-state index contributed by atoms with van der Waals surface area (Å²) in [6.45, 7) is 7.80. The number of amides is 1. The van der Waals surface area contributed by atoms with E-state index in [1.54, 1.807) is 4.90 Å². The lowest BCUT2D eigenvalue weighted by Gasteiger charge is -2.41. The van der Waals surface area contributed by atoms with Crippen LogP contribution in [0.2, 0.25) is 0 Å². The van der Waals surface area contributed by atoms with Crippen molar-refractivity contribution in [3.8, 4) is 0 Å². The number of hydrogen-bond acceptors (Lipinski definition) is 3. The van der Waals surface area contributed by atoms with Crippen LogP contribution < -0.4 is 0 Å². The number of aryl methyl sites for hydroxylation is 1. The summed E-state index contributed by atoms with van der Waals surface area (Å²) in [5.41, 5.74) is -1.17. The molecule has 3 fully saturated rings.